The maximum atomic E-state index is 6.05. The molecule has 1 heterocycles. The fraction of sp³-hybridized carbons (Fsp3) is 0.200. The van der Waals surface area contributed by atoms with Crippen molar-refractivity contribution in [2.45, 2.75) is 13.8 Å². The van der Waals surface area contributed by atoms with Crippen LogP contribution in [-0.2, 0) is 4.74 Å². The standard InChI is InChI=1S/C20H20O3/c1-13-14(2)23-18(10-15-8-6-5-7-9-15)17-12-20(22-4)19(21-3)11-16(13)17/h5-12H,1-4H3. The maximum Gasteiger partial charge on any atom is 0.161 e. The summed E-state index contributed by atoms with van der Waals surface area (Å²) in [5.41, 5.74) is 4.31. The summed E-state index contributed by atoms with van der Waals surface area (Å²) in [4.78, 5) is 0. The fourth-order valence-corrected chi connectivity index (χ4v) is 2.69. The van der Waals surface area contributed by atoms with Crippen LogP contribution in [-0.4, -0.2) is 14.2 Å². The number of benzene rings is 2. The highest BCUT2D eigenvalue weighted by atomic mass is 16.5. The lowest BCUT2D eigenvalue weighted by Crippen LogP contribution is -2.05. The van der Waals surface area contributed by atoms with Crippen molar-refractivity contribution in [1.29, 1.82) is 0 Å². The molecular weight excluding hydrogens is 288 g/mol. The van der Waals surface area contributed by atoms with Gasteiger partial charge in [0.15, 0.2) is 11.5 Å². The van der Waals surface area contributed by atoms with Crippen LogP contribution in [0.5, 0.6) is 11.5 Å². The molecule has 2 aromatic rings. The lowest BCUT2D eigenvalue weighted by atomic mass is 9.94. The Bertz CT molecular complexity index is 786. The van der Waals surface area contributed by atoms with Gasteiger partial charge in [-0.25, -0.2) is 0 Å². The molecule has 3 rings (SSSR count). The summed E-state index contributed by atoms with van der Waals surface area (Å²) in [6.45, 7) is 4.03. The smallest absolute Gasteiger partial charge is 0.161 e. The summed E-state index contributed by atoms with van der Waals surface area (Å²) < 4.78 is 16.9. The molecule has 0 bridgehead atoms. The van der Waals surface area contributed by atoms with Crippen molar-refractivity contribution in [2.24, 2.45) is 0 Å². The van der Waals surface area contributed by atoms with Gasteiger partial charge in [-0.2, -0.15) is 0 Å². The predicted molar refractivity (Wildman–Crippen MR) is 93.2 cm³/mol. The minimum atomic E-state index is 0.696. The van der Waals surface area contributed by atoms with E-state index in [4.69, 9.17) is 14.2 Å². The molecule has 0 aromatic heterocycles. The molecule has 0 saturated carbocycles. The second-order valence-electron chi connectivity index (χ2n) is 5.46. The molecule has 0 unspecified atom stereocenters. The van der Waals surface area contributed by atoms with E-state index in [1.54, 1.807) is 14.2 Å². The first-order valence-corrected chi connectivity index (χ1v) is 7.53. The number of methoxy groups -OCH3 is 2. The molecule has 0 spiro atoms. The van der Waals surface area contributed by atoms with Gasteiger partial charge in [0.05, 0.1) is 14.2 Å². The van der Waals surface area contributed by atoms with Gasteiger partial charge < -0.3 is 14.2 Å². The molecular formula is C20H20O3. The van der Waals surface area contributed by atoms with E-state index in [9.17, 15) is 0 Å². The van der Waals surface area contributed by atoms with Gasteiger partial charge in [0, 0.05) is 5.56 Å². The van der Waals surface area contributed by atoms with Crippen molar-refractivity contribution < 1.29 is 14.2 Å². The van der Waals surface area contributed by atoms with Crippen LogP contribution in [0.4, 0.5) is 0 Å². The van der Waals surface area contributed by atoms with Gasteiger partial charge in [0.2, 0.25) is 0 Å². The van der Waals surface area contributed by atoms with Crippen LogP contribution in [0.3, 0.4) is 0 Å². The second-order valence-corrected chi connectivity index (χ2v) is 5.46. The Morgan fingerprint density at radius 3 is 2.09 bits per heavy atom. The molecule has 2 aromatic carbocycles. The fourth-order valence-electron chi connectivity index (χ4n) is 2.69. The second kappa shape index (κ2) is 6.21. The Balaban J connectivity index is 2.19. The molecule has 3 heteroatoms. The van der Waals surface area contributed by atoms with Crippen molar-refractivity contribution >= 4 is 17.4 Å². The average Bonchev–Trinajstić information content (AvgIpc) is 2.59. The van der Waals surface area contributed by atoms with Crippen molar-refractivity contribution in [3.05, 3.63) is 64.9 Å². The maximum absolute atomic E-state index is 6.05. The van der Waals surface area contributed by atoms with E-state index in [0.717, 1.165) is 39.5 Å². The quantitative estimate of drug-likeness (QED) is 0.800. The topological polar surface area (TPSA) is 27.7 Å². The minimum absolute atomic E-state index is 0.696. The van der Waals surface area contributed by atoms with Crippen LogP contribution in [0.2, 0.25) is 0 Å². The van der Waals surface area contributed by atoms with Crippen molar-refractivity contribution in [3.63, 3.8) is 0 Å². The van der Waals surface area contributed by atoms with Crippen LogP contribution in [0.25, 0.3) is 17.4 Å². The molecule has 0 radical (unpaired) electrons. The monoisotopic (exact) mass is 308 g/mol. The summed E-state index contributed by atoms with van der Waals surface area (Å²) >= 11 is 0. The highest BCUT2D eigenvalue weighted by molar-refractivity contribution is 5.89. The van der Waals surface area contributed by atoms with Gasteiger partial charge in [-0.3, -0.25) is 0 Å². The number of allylic oxidation sites excluding steroid dienone is 2. The van der Waals surface area contributed by atoms with Crippen LogP contribution >= 0.6 is 0 Å². The molecule has 0 aliphatic carbocycles. The Morgan fingerprint density at radius 2 is 1.48 bits per heavy atom. The van der Waals surface area contributed by atoms with Crippen molar-refractivity contribution in [1.82, 2.24) is 0 Å². The third kappa shape index (κ3) is 2.82. The molecule has 0 atom stereocenters. The zero-order valence-corrected chi connectivity index (χ0v) is 13.8. The van der Waals surface area contributed by atoms with E-state index in [1.165, 1.54) is 0 Å². The highest BCUT2D eigenvalue weighted by Crippen LogP contribution is 2.42. The van der Waals surface area contributed by atoms with Gasteiger partial charge in [-0.05, 0) is 48.8 Å². The first-order valence-electron chi connectivity index (χ1n) is 7.53. The molecule has 3 nitrogen and oxygen atoms in total. The third-order valence-electron chi connectivity index (χ3n) is 4.08. The van der Waals surface area contributed by atoms with E-state index in [0.29, 0.717) is 5.75 Å². The molecule has 118 valence electrons. The SMILES string of the molecule is COc1cc2c(cc1OC)C(C)=C(C)OC2=Cc1ccccc1. The summed E-state index contributed by atoms with van der Waals surface area (Å²) in [5, 5.41) is 0. The average molecular weight is 308 g/mol. The molecule has 0 fully saturated rings. The lowest BCUT2D eigenvalue weighted by Gasteiger charge is -2.24. The molecule has 0 amide bonds. The van der Waals surface area contributed by atoms with Crippen molar-refractivity contribution in [3.8, 4) is 11.5 Å². The minimum Gasteiger partial charge on any atom is -0.493 e. The van der Waals surface area contributed by atoms with Crippen LogP contribution in [0, 0.1) is 0 Å². The van der Waals surface area contributed by atoms with E-state index in [2.05, 4.69) is 19.1 Å². The van der Waals surface area contributed by atoms with E-state index >= 15 is 0 Å². The van der Waals surface area contributed by atoms with Crippen LogP contribution in [0.15, 0.2) is 48.2 Å². The summed E-state index contributed by atoms with van der Waals surface area (Å²) in [6, 6.07) is 14.1. The van der Waals surface area contributed by atoms with Crippen LogP contribution < -0.4 is 9.47 Å². The first kappa shape index (κ1) is 15.2. The highest BCUT2D eigenvalue weighted by Gasteiger charge is 2.22. The third-order valence-corrected chi connectivity index (χ3v) is 4.08. The van der Waals surface area contributed by atoms with Gasteiger partial charge in [-0.1, -0.05) is 30.3 Å². The first-order chi connectivity index (χ1) is 11.1. The van der Waals surface area contributed by atoms with Gasteiger partial charge in [0.1, 0.15) is 11.5 Å². The summed E-state index contributed by atoms with van der Waals surface area (Å²) in [7, 11) is 3.29. The van der Waals surface area contributed by atoms with Gasteiger partial charge >= 0.3 is 0 Å². The van der Waals surface area contributed by atoms with Crippen molar-refractivity contribution in [2.75, 3.05) is 14.2 Å². The van der Waals surface area contributed by atoms with E-state index in [1.807, 2.05) is 43.3 Å². The number of hydrogen-bond donors (Lipinski definition) is 0. The Hall–Kier alpha value is -2.68. The number of rotatable bonds is 3. The Labute approximate surface area is 136 Å². The molecule has 23 heavy (non-hydrogen) atoms. The number of fused-ring (bicyclic) bond motifs is 1. The van der Waals surface area contributed by atoms with E-state index < -0.39 is 0 Å². The number of hydrogen-bond acceptors (Lipinski definition) is 3. The number of ether oxygens (including phenoxy) is 3. The van der Waals surface area contributed by atoms with E-state index in [-0.39, 0.29) is 0 Å². The Kier molecular flexibility index (Phi) is 4.11. The zero-order chi connectivity index (χ0) is 16.4. The zero-order valence-electron chi connectivity index (χ0n) is 13.8. The van der Waals surface area contributed by atoms with Gasteiger partial charge in [0.25, 0.3) is 0 Å². The largest absolute Gasteiger partial charge is 0.493 e. The molecule has 0 saturated heterocycles. The molecule has 1 aliphatic heterocycles. The normalized spacial score (nSPS) is 15.2. The van der Waals surface area contributed by atoms with Crippen LogP contribution in [0.1, 0.15) is 30.5 Å². The molecule has 0 N–H and O–H groups in total. The summed E-state index contributed by atoms with van der Waals surface area (Å²) in [5.74, 6) is 3.13. The molecule has 1 aliphatic rings. The van der Waals surface area contributed by atoms with Gasteiger partial charge in [-0.15, -0.1) is 0 Å². The summed E-state index contributed by atoms with van der Waals surface area (Å²) in [6.07, 6.45) is 2.04. The predicted octanol–water partition coefficient (Wildman–Crippen LogP) is 4.98. The lowest BCUT2D eigenvalue weighted by molar-refractivity contribution is 0.352. The Morgan fingerprint density at radius 1 is 0.870 bits per heavy atom.